The highest BCUT2D eigenvalue weighted by Gasteiger charge is 2.24. The summed E-state index contributed by atoms with van der Waals surface area (Å²) in [6.45, 7) is 5.28. The molecule has 0 radical (unpaired) electrons. The number of anilines is 2. The first-order chi connectivity index (χ1) is 14.9. The lowest BCUT2D eigenvalue weighted by atomic mass is 10.1. The third kappa shape index (κ3) is 5.03. The van der Waals surface area contributed by atoms with E-state index in [2.05, 4.69) is 22.9 Å². The summed E-state index contributed by atoms with van der Waals surface area (Å²) in [5.74, 6) is -0.670. The van der Waals surface area contributed by atoms with E-state index >= 15 is 4.39 Å². The summed E-state index contributed by atoms with van der Waals surface area (Å²) < 4.78 is 20.2. The molecule has 9 heteroatoms. The van der Waals surface area contributed by atoms with Crippen molar-refractivity contribution in [3.63, 3.8) is 0 Å². The van der Waals surface area contributed by atoms with Gasteiger partial charge in [0.1, 0.15) is 12.7 Å². The number of ether oxygens (including phenoxy) is 1. The Morgan fingerprint density at radius 1 is 1.10 bits per heavy atom. The minimum atomic E-state index is -0.839. The molecular weight excluding hydrogens is 399 g/mol. The SMILES string of the molecule is C=C(N)NC(=O)OCc1ccc(C#N)c(N2CCN(c3ccc(C#N)cc3)CC2)c1F. The lowest BCUT2D eigenvalue weighted by Gasteiger charge is -2.38. The quantitative estimate of drug-likeness (QED) is 0.763. The minimum Gasteiger partial charge on any atom is -0.444 e. The fourth-order valence-corrected chi connectivity index (χ4v) is 3.36. The number of nitriles is 2. The monoisotopic (exact) mass is 420 g/mol. The number of nitrogens with two attached hydrogens (primary N) is 1. The van der Waals surface area contributed by atoms with Crippen LogP contribution in [-0.4, -0.2) is 32.3 Å². The molecule has 158 valence electrons. The van der Waals surface area contributed by atoms with Crippen molar-refractivity contribution < 1.29 is 13.9 Å². The molecule has 0 unspecified atom stereocenters. The van der Waals surface area contributed by atoms with Gasteiger partial charge in [-0.25, -0.2) is 9.18 Å². The van der Waals surface area contributed by atoms with Gasteiger partial charge in [-0.15, -0.1) is 0 Å². The van der Waals surface area contributed by atoms with E-state index in [0.717, 1.165) is 5.69 Å². The third-order valence-corrected chi connectivity index (χ3v) is 4.90. The van der Waals surface area contributed by atoms with E-state index < -0.39 is 11.9 Å². The second kappa shape index (κ2) is 9.51. The van der Waals surface area contributed by atoms with E-state index in [1.54, 1.807) is 12.1 Å². The molecule has 31 heavy (non-hydrogen) atoms. The molecular formula is C22H21FN6O2. The zero-order chi connectivity index (χ0) is 22.4. The number of carbonyl (C=O) groups is 1. The standard InChI is InChI=1S/C22H21FN6O2/c1-15(26)27-22(30)31-14-18-5-4-17(13-25)21(20(18)23)29-10-8-28(9-11-29)19-6-2-16(12-24)3-7-19/h2-7H,1,8-11,14,26H2,(H,27,30). The van der Waals surface area contributed by atoms with E-state index in [0.29, 0.717) is 31.7 Å². The number of nitrogens with zero attached hydrogens (tertiary/aromatic N) is 4. The maximum atomic E-state index is 15.2. The topological polar surface area (TPSA) is 118 Å². The van der Waals surface area contributed by atoms with Crippen molar-refractivity contribution in [1.82, 2.24) is 5.32 Å². The molecule has 1 aliphatic heterocycles. The number of carbonyl (C=O) groups excluding carboxylic acids is 1. The minimum absolute atomic E-state index is 0.0777. The second-order valence-corrected chi connectivity index (χ2v) is 6.91. The van der Waals surface area contributed by atoms with Crippen LogP contribution in [0.25, 0.3) is 0 Å². The molecule has 0 atom stereocenters. The molecule has 1 heterocycles. The number of halogens is 1. The largest absolute Gasteiger partial charge is 0.444 e. The maximum Gasteiger partial charge on any atom is 0.413 e. The number of nitrogens with one attached hydrogen (secondary N) is 1. The number of hydrogen-bond acceptors (Lipinski definition) is 7. The van der Waals surface area contributed by atoms with Gasteiger partial charge in [0.2, 0.25) is 0 Å². The Morgan fingerprint density at radius 2 is 1.74 bits per heavy atom. The summed E-state index contributed by atoms with van der Waals surface area (Å²) in [7, 11) is 0. The lowest BCUT2D eigenvalue weighted by molar-refractivity contribution is 0.141. The average Bonchev–Trinajstić information content (AvgIpc) is 2.78. The van der Waals surface area contributed by atoms with Gasteiger partial charge in [-0.1, -0.05) is 12.6 Å². The predicted octanol–water partition coefficient (Wildman–Crippen LogP) is 2.55. The van der Waals surface area contributed by atoms with Crippen LogP contribution in [0, 0.1) is 28.5 Å². The normalized spacial score (nSPS) is 13.1. The van der Waals surface area contributed by atoms with Gasteiger partial charge in [0.05, 0.1) is 28.7 Å². The summed E-state index contributed by atoms with van der Waals surface area (Å²) >= 11 is 0. The highest BCUT2D eigenvalue weighted by molar-refractivity contribution is 5.69. The summed E-state index contributed by atoms with van der Waals surface area (Å²) in [6.07, 6.45) is -0.839. The van der Waals surface area contributed by atoms with E-state index in [-0.39, 0.29) is 29.2 Å². The Balaban J connectivity index is 1.73. The Hall–Kier alpha value is -4.24. The zero-order valence-corrected chi connectivity index (χ0v) is 16.8. The number of rotatable bonds is 5. The molecule has 1 amide bonds. The van der Waals surface area contributed by atoms with Gasteiger partial charge in [0, 0.05) is 37.4 Å². The fourth-order valence-electron chi connectivity index (χ4n) is 3.36. The summed E-state index contributed by atoms with van der Waals surface area (Å²) in [5.41, 5.74) is 7.42. The van der Waals surface area contributed by atoms with Crippen LogP contribution in [0.1, 0.15) is 16.7 Å². The average molecular weight is 420 g/mol. The first-order valence-corrected chi connectivity index (χ1v) is 9.52. The molecule has 8 nitrogen and oxygen atoms in total. The first-order valence-electron chi connectivity index (χ1n) is 9.52. The molecule has 0 aromatic heterocycles. The molecule has 1 saturated heterocycles. The molecule has 3 N–H and O–H groups in total. The van der Waals surface area contributed by atoms with Gasteiger partial charge in [0.15, 0.2) is 5.82 Å². The second-order valence-electron chi connectivity index (χ2n) is 6.91. The first kappa shape index (κ1) is 21.5. The van der Waals surface area contributed by atoms with Crippen LogP contribution in [0.2, 0.25) is 0 Å². The van der Waals surface area contributed by atoms with Gasteiger partial charge in [-0.3, -0.25) is 5.32 Å². The molecule has 1 fully saturated rings. The van der Waals surface area contributed by atoms with Crippen LogP contribution in [0.4, 0.5) is 20.6 Å². The molecule has 0 spiro atoms. The van der Waals surface area contributed by atoms with Crippen LogP contribution < -0.4 is 20.9 Å². The Bertz CT molecular complexity index is 1060. The van der Waals surface area contributed by atoms with Gasteiger partial charge in [-0.05, 0) is 30.3 Å². The lowest BCUT2D eigenvalue weighted by Crippen LogP contribution is -2.47. The number of amides is 1. The third-order valence-electron chi connectivity index (χ3n) is 4.90. The van der Waals surface area contributed by atoms with Crippen molar-refractivity contribution in [3.05, 3.63) is 71.3 Å². The zero-order valence-electron chi connectivity index (χ0n) is 16.8. The van der Waals surface area contributed by atoms with Crippen molar-refractivity contribution in [1.29, 1.82) is 10.5 Å². The Kier molecular flexibility index (Phi) is 6.58. The predicted molar refractivity (Wildman–Crippen MR) is 113 cm³/mol. The van der Waals surface area contributed by atoms with E-state index in [1.165, 1.54) is 12.1 Å². The number of benzene rings is 2. The molecule has 1 aliphatic rings. The van der Waals surface area contributed by atoms with Gasteiger partial charge in [0.25, 0.3) is 0 Å². The van der Waals surface area contributed by atoms with Crippen molar-refractivity contribution in [3.8, 4) is 12.1 Å². The van der Waals surface area contributed by atoms with Crippen LogP contribution in [0.15, 0.2) is 48.8 Å². The van der Waals surface area contributed by atoms with Crippen LogP contribution >= 0.6 is 0 Å². The number of piperazine rings is 1. The van der Waals surface area contributed by atoms with Crippen molar-refractivity contribution in [2.75, 3.05) is 36.0 Å². The van der Waals surface area contributed by atoms with Gasteiger partial charge >= 0.3 is 6.09 Å². The molecule has 2 aromatic carbocycles. The van der Waals surface area contributed by atoms with E-state index in [1.807, 2.05) is 23.1 Å². The summed E-state index contributed by atoms with van der Waals surface area (Å²) in [4.78, 5) is 15.5. The highest BCUT2D eigenvalue weighted by atomic mass is 19.1. The molecule has 0 bridgehead atoms. The number of hydrogen-bond donors (Lipinski definition) is 2. The van der Waals surface area contributed by atoms with Crippen molar-refractivity contribution in [2.24, 2.45) is 5.73 Å². The van der Waals surface area contributed by atoms with E-state index in [9.17, 15) is 10.1 Å². The highest BCUT2D eigenvalue weighted by Crippen LogP contribution is 2.29. The fraction of sp³-hybridized carbons (Fsp3) is 0.227. The van der Waals surface area contributed by atoms with Crippen LogP contribution in [0.3, 0.4) is 0 Å². The summed E-state index contributed by atoms with van der Waals surface area (Å²) in [5, 5.41) is 20.6. The maximum absolute atomic E-state index is 15.2. The van der Waals surface area contributed by atoms with Crippen molar-refractivity contribution >= 4 is 17.5 Å². The smallest absolute Gasteiger partial charge is 0.413 e. The van der Waals surface area contributed by atoms with Gasteiger partial charge in [-0.2, -0.15) is 10.5 Å². The molecule has 2 aromatic rings. The number of alkyl carbamates (subject to hydrolysis) is 1. The van der Waals surface area contributed by atoms with Gasteiger partial charge < -0.3 is 20.3 Å². The molecule has 3 rings (SSSR count). The van der Waals surface area contributed by atoms with Crippen LogP contribution in [0.5, 0.6) is 0 Å². The van der Waals surface area contributed by atoms with Crippen molar-refractivity contribution in [2.45, 2.75) is 6.61 Å². The van der Waals surface area contributed by atoms with Crippen LogP contribution in [-0.2, 0) is 11.3 Å². The summed E-state index contributed by atoms with van der Waals surface area (Å²) in [6, 6.07) is 14.4. The molecule has 0 saturated carbocycles. The van der Waals surface area contributed by atoms with E-state index in [4.69, 9.17) is 15.7 Å². The molecule has 0 aliphatic carbocycles. The Labute approximate surface area is 179 Å². The Morgan fingerprint density at radius 3 is 2.32 bits per heavy atom.